The quantitative estimate of drug-likeness (QED) is 0.00979. The number of aliphatic hydroxyl groups is 1. The Bertz CT molecular complexity index is 4140. The van der Waals surface area contributed by atoms with E-state index in [0.717, 1.165) is 21.1 Å². The van der Waals surface area contributed by atoms with E-state index in [9.17, 15) is 44.9 Å². The second-order valence-electron chi connectivity index (χ2n) is 28.3. The highest BCUT2D eigenvalue weighted by atomic mass is 28.4. The molecule has 598 valence electrons. The first kappa shape index (κ1) is 84.9. The molecule has 6 aromatic rings. The Labute approximate surface area is 648 Å². The molecule has 0 amide bonds. The summed E-state index contributed by atoms with van der Waals surface area (Å²) in [4.78, 5) is 91.6. The molecule has 1 N–H and O–H groups in total. The minimum absolute atomic E-state index is 0.0545. The molecule has 112 heavy (non-hydrogen) atoms. The van der Waals surface area contributed by atoms with Crippen molar-refractivity contribution < 1.29 is 119 Å². The van der Waals surface area contributed by atoms with Crippen LogP contribution in [-0.4, -0.2) is 199 Å². The van der Waals surface area contributed by atoms with Gasteiger partial charge in [0.25, 0.3) is 0 Å². The molecule has 0 saturated carbocycles. The summed E-state index contributed by atoms with van der Waals surface area (Å²) >= 11 is 0. The highest BCUT2D eigenvalue weighted by Gasteiger charge is 2.62. The Hall–Kier alpha value is -9.54. The van der Waals surface area contributed by atoms with Crippen LogP contribution >= 0.6 is 0 Å². The Kier molecular flexibility index (Phi) is 30.5. The van der Waals surface area contributed by atoms with Crippen LogP contribution in [0.1, 0.15) is 84.5 Å². The Morgan fingerprint density at radius 3 is 1.18 bits per heavy atom. The molecule has 4 heterocycles. The van der Waals surface area contributed by atoms with Crippen molar-refractivity contribution in [3.05, 3.63) is 236 Å². The molecule has 31 nitrogen and oxygen atoms in total. The van der Waals surface area contributed by atoms with Crippen molar-refractivity contribution in [2.75, 3.05) is 27.4 Å². The van der Waals surface area contributed by atoms with Gasteiger partial charge in [0.15, 0.2) is 57.9 Å². The van der Waals surface area contributed by atoms with Gasteiger partial charge in [0.05, 0.1) is 57.9 Å². The Morgan fingerprint density at radius 2 is 0.795 bits per heavy atom. The van der Waals surface area contributed by atoms with Gasteiger partial charge in [-0.15, -0.1) is 0 Å². The number of carbonyl (C=O) groups excluding carboxylic acids is 6. The van der Waals surface area contributed by atoms with Crippen molar-refractivity contribution in [2.24, 2.45) is 16.1 Å². The van der Waals surface area contributed by atoms with Crippen LogP contribution in [0.2, 0.25) is 18.1 Å². The monoisotopic (exact) mass is 1570 g/mol. The molecule has 0 spiro atoms. The number of hydrogen-bond donors (Lipinski definition) is 1. The first-order valence-corrected chi connectivity index (χ1v) is 39.4. The van der Waals surface area contributed by atoms with Crippen LogP contribution in [0.4, 0.5) is 0 Å². The van der Waals surface area contributed by atoms with Crippen LogP contribution < -0.4 is 0 Å². The average molecular weight is 1570 g/mol. The highest BCUT2D eigenvalue weighted by Crippen LogP contribution is 2.47. The van der Waals surface area contributed by atoms with Crippen LogP contribution in [0, 0.1) is 5.92 Å². The van der Waals surface area contributed by atoms with Crippen molar-refractivity contribution in [2.45, 2.75) is 209 Å². The Balaban J connectivity index is 1.10. The number of azide groups is 2. The molecule has 4 aliphatic heterocycles. The fraction of sp³-hybridized carbons (Fsp3) is 0.475. The maximum atomic E-state index is 15.0. The minimum atomic E-state index is -3.03. The predicted molar refractivity (Wildman–Crippen MR) is 397 cm³/mol. The third-order valence-electron chi connectivity index (χ3n) is 20.3. The fourth-order valence-corrected chi connectivity index (χ4v) is 15.7. The normalized spacial score (nSPS) is 27.9. The number of nitrogens with zero attached hydrogens (tertiary/aromatic N) is 6. The van der Waals surface area contributed by atoms with Crippen LogP contribution in [0.25, 0.3) is 20.9 Å². The largest absolute Gasteiger partial charge is 0.467 e. The van der Waals surface area contributed by atoms with Gasteiger partial charge in [0.2, 0.25) is 0 Å². The van der Waals surface area contributed by atoms with Gasteiger partial charge in [0, 0.05) is 23.7 Å². The van der Waals surface area contributed by atoms with Gasteiger partial charge < -0.3 is 90.1 Å². The van der Waals surface area contributed by atoms with E-state index in [2.05, 4.69) is 20.1 Å². The zero-order valence-corrected chi connectivity index (χ0v) is 64.6. The standard InChI is InChI=1S/C80H94N6O25Si/c1-47(2)80(5,6)112(9,10)111-79-71(103-49(4)88)65(99-44-53-35-23-14-24-36-53)67(69(110-79)75(93)95-8)108-77-59(84-86-82)63(97-42-51-31-19-12-20-32-51)61(57(105-77)46-101-73(91)55-39-27-16-28-40-55)106-78-70(102-48(3)87)64(98-43-52-33-21-13-22-34-52)66(68(109-78)74(92)94-7)107-76-58(83-85-81)62(96-41-50-29-17-11-18-30-50)60(89)56(104-76)45-100-72(90)54-37-25-15-26-38-54/h11-40,47,56-71,76-79,89H,41-46H2,1-10H3/t56-,57-,58-,59-,60-,61-,62-,63-,64+,65+,66+,67+,68-,69-,70-,71-,76-,77-,78-,79-/m1/s1. The van der Waals surface area contributed by atoms with Gasteiger partial charge in [0.1, 0.15) is 80.2 Å². The molecule has 20 atom stereocenters. The average Bonchev–Trinajstić information content (AvgIpc) is 0.743. The van der Waals surface area contributed by atoms with E-state index >= 15 is 0 Å². The minimum Gasteiger partial charge on any atom is -0.467 e. The first-order chi connectivity index (χ1) is 53.9. The molecular weight excluding hydrogens is 1470 g/mol. The number of esters is 6. The summed E-state index contributed by atoms with van der Waals surface area (Å²) in [6.07, 6.45) is -31.7. The topological polar surface area (TPSA) is 386 Å². The van der Waals surface area contributed by atoms with E-state index in [-0.39, 0.29) is 43.5 Å². The number of aliphatic hydroxyl groups excluding tert-OH is 1. The lowest BCUT2D eigenvalue weighted by atomic mass is 9.93. The van der Waals surface area contributed by atoms with Crippen molar-refractivity contribution in [1.29, 1.82) is 0 Å². The van der Waals surface area contributed by atoms with Crippen molar-refractivity contribution in [3.8, 4) is 0 Å². The maximum Gasteiger partial charge on any atom is 0.338 e. The summed E-state index contributed by atoms with van der Waals surface area (Å²) in [5, 5.41) is 20.1. The van der Waals surface area contributed by atoms with E-state index in [0.29, 0.717) is 22.3 Å². The van der Waals surface area contributed by atoms with Crippen LogP contribution in [0.15, 0.2) is 192 Å². The van der Waals surface area contributed by atoms with Crippen molar-refractivity contribution in [3.63, 3.8) is 0 Å². The summed E-state index contributed by atoms with van der Waals surface area (Å²) in [6.45, 7) is 11.9. The first-order valence-electron chi connectivity index (χ1n) is 36.5. The van der Waals surface area contributed by atoms with E-state index in [1.165, 1.54) is 31.2 Å². The number of ether oxygens (including phenoxy) is 17. The third-order valence-corrected chi connectivity index (χ3v) is 24.8. The van der Waals surface area contributed by atoms with Crippen molar-refractivity contribution in [1.82, 2.24) is 0 Å². The zero-order chi connectivity index (χ0) is 80.1. The van der Waals surface area contributed by atoms with Gasteiger partial charge in [-0.1, -0.05) is 196 Å². The lowest BCUT2D eigenvalue weighted by Crippen LogP contribution is -2.69. The summed E-state index contributed by atoms with van der Waals surface area (Å²) in [5.41, 5.74) is 23.8. The molecular formula is C80H94N6O25Si. The smallest absolute Gasteiger partial charge is 0.338 e. The molecule has 4 aliphatic rings. The second-order valence-corrected chi connectivity index (χ2v) is 32.8. The molecule has 0 aromatic heterocycles. The number of carbonyl (C=O) groups is 6. The fourth-order valence-electron chi connectivity index (χ4n) is 13.3. The second kappa shape index (κ2) is 40.3. The summed E-state index contributed by atoms with van der Waals surface area (Å²) in [6, 6.07) is 47.5. The lowest BCUT2D eigenvalue weighted by molar-refractivity contribution is -0.375. The SMILES string of the molecule is COC(=O)[C@@H]1O[C@H](O[Si](C)(C)C(C)(C)C(C)C)[C@H](OC(C)=O)[C@@H](OCc2ccccc2)[C@@H]1O[C@H]1O[C@H](COC(=O)c2ccccc2)[C@@H](O[C@@H]2O[C@@H](C(=O)OC)[C@@H](O[C@H]3O[C@H](COC(=O)c4ccccc4)[C@@H](O)[C@H](OCc4ccccc4)[C@H]3N=[N+]=[N-])[C@H](OCc3ccccc3)[C@H]2OC(C)=O)[C@H](OCc2ccccc2)[C@H]1N=[N+]=[N-]. The number of benzene rings is 6. The molecule has 4 fully saturated rings. The van der Waals surface area contributed by atoms with Gasteiger partial charge in [-0.2, -0.15) is 0 Å². The lowest BCUT2D eigenvalue weighted by Gasteiger charge is -2.52. The molecule has 0 unspecified atom stereocenters. The number of hydrogen-bond acceptors (Lipinski definition) is 27. The predicted octanol–water partition coefficient (Wildman–Crippen LogP) is 10.7. The summed E-state index contributed by atoms with van der Waals surface area (Å²) in [7, 11) is -0.867. The number of rotatable bonds is 34. The van der Waals surface area contributed by atoms with E-state index in [4.69, 9.17) is 85.0 Å². The van der Waals surface area contributed by atoms with E-state index < -0.39 is 185 Å². The molecule has 6 aromatic carbocycles. The highest BCUT2D eigenvalue weighted by molar-refractivity contribution is 6.74. The molecule has 0 bridgehead atoms. The molecule has 32 heteroatoms. The maximum absolute atomic E-state index is 15.0. The van der Waals surface area contributed by atoms with Crippen LogP contribution in [0.3, 0.4) is 0 Å². The van der Waals surface area contributed by atoms with Gasteiger partial charge >= 0.3 is 35.8 Å². The Morgan fingerprint density at radius 1 is 0.455 bits per heavy atom. The van der Waals surface area contributed by atoms with E-state index in [1.807, 2.05) is 40.8 Å². The summed E-state index contributed by atoms with van der Waals surface area (Å²) < 4.78 is 117. The van der Waals surface area contributed by atoms with E-state index in [1.54, 1.807) is 158 Å². The van der Waals surface area contributed by atoms with Gasteiger partial charge in [-0.05, 0) is 81.6 Å². The van der Waals surface area contributed by atoms with Gasteiger partial charge in [-0.25, -0.2) is 19.2 Å². The number of methoxy groups -OCH3 is 2. The van der Waals surface area contributed by atoms with Crippen LogP contribution in [0.5, 0.6) is 0 Å². The van der Waals surface area contributed by atoms with Crippen molar-refractivity contribution >= 4 is 44.1 Å². The zero-order valence-electron chi connectivity index (χ0n) is 63.6. The molecule has 4 saturated heterocycles. The molecule has 10 rings (SSSR count). The summed E-state index contributed by atoms with van der Waals surface area (Å²) in [5.74, 6) is -5.59. The third kappa shape index (κ3) is 21.6. The van der Waals surface area contributed by atoms with Gasteiger partial charge in [-0.3, -0.25) is 9.59 Å². The van der Waals surface area contributed by atoms with Crippen LogP contribution in [-0.2, 0) is 131 Å². The molecule has 0 radical (unpaired) electrons. The molecule has 0 aliphatic carbocycles.